The van der Waals surface area contributed by atoms with Crippen molar-refractivity contribution in [3.8, 4) is 11.3 Å². The average molecular weight is 465 g/mol. The molecule has 10 heteroatoms. The molecule has 0 radical (unpaired) electrons. The Morgan fingerprint density at radius 2 is 1.85 bits per heavy atom. The third kappa shape index (κ3) is 3.91. The lowest BCUT2D eigenvalue weighted by Gasteiger charge is -2.29. The zero-order valence-corrected chi connectivity index (χ0v) is 18.3. The van der Waals surface area contributed by atoms with E-state index in [1.165, 1.54) is 25.5 Å². The number of halogens is 2. The SMILES string of the molecule is Cn1nc(C(O)c2ccc(F)c(-c3ncnc4cc(N5CCOCC5)ccc34)c2F)ccc1=O. The van der Waals surface area contributed by atoms with E-state index in [2.05, 4.69) is 20.0 Å². The number of fused-ring (bicyclic) bond motifs is 1. The Bertz CT molecular complexity index is 1440. The highest BCUT2D eigenvalue weighted by Gasteiger charge is 2.25. The summed E-state index contributed by atoms with van der Waals surface area (Å²) in [5.41, 5.74) is 0.689. The Hall–Kier alpha value is -3.76. The maximum absolute atomic E-state index is 15.7. The highest BCUT2D eigenvalue weighted by Crippen LogP contribution is 2.35. The number of hydrogen-bond acceptors (Lipinski definition) is 7. The van der Waals surface area contributed by atoms with Crippen LogP contribution < -0.4 is 10.5 Å². The molecule has 1 unspecified atom stereocenters. The maximum atomic E-state index is 15.7. The van der Waals surface area contributed by atoms with Crippen molar-refractivity contribution in [3.05, 3.63) is 82.0 Å². The molecule has 1 fully saturated rings. The van der Waals surface area contributed by atoms with Gasteiger partial charge in [-0.05, 0) is 30.3 Å². The highest BCUT2D eigenvalue weighted by atomic mass is 19.1. The number of rotatable bonds is 4. The van der Waals surface area contributed by atoms with E-state index in [9.17, 15) is 14.3 Å². The number of morpholine rings is 1. The first-order valence-electron chi connectivity index (χ1n) is 10.7. The Morgan fingerprint density at radius 3 is 2.62 bits per heavy atom. The minimum Gasteiger partial charge on any atom is -0.382 e. The van der Waals surface area contributed by atoms with E-state index < -0.39 is 17.7 Å². The van der Waals surface area contributed by atoms with Crippen molar-refractivity contribution in [2.45, 2.75) is 6.10 Å². The molecule has 0 spiro atoms. The molecular formula is C24H21F2N5O3. The van der Waals surface area contributed by atoms with Crippen LogP contribution in [0.15, 0.2) is 53.6 Å². The van der Waals surface area contributed by atoms with Crippen LogP contribution in [0.2, 0.25) is 0 Å². The van der Waals surface area contributed by atoms with E-state index in [0.717, 1.165) is 35.6 Å². The smallest absolute Gasteiger partial charge is 0.266 e. The van der Waals surface area contributed by atoms with Crippen LogP contribution in [0, 0.1) is 11.6 Å². The minimum absolute atomic E-state index is 0.0567. The summed E-state index contributed by atoms with van der Waals surface area (Å²) in [4.78, 5) is 22.2. The molecule has 0 saturated carbocycles. The summed E-state index contributed by atoms with van der Waals surface area (Å²) in [7, 11) is 1.42. The van der Waals surface area contributed by atoms with Gasteiger partial charge in [-0.3, -0.25) is 4.79 Å². The number of ether oxygens (including phenoxy) is 1. The van der Waals surface area contributed by atoms with Crippen molar-refractivity contribution in [1.29, 1.82) is 0 Å². The van der Waals surface area contributed by atoms with E-state index in [1.807, 2.05) is 12.1 Å². The molecule has 2 aromatic carbocycles. The van der Waals surface area contributed by atoms with Crippen LogP contribution in [-0.4, -0.2) is 51.2 Å². The molecule has 1 atom stereocenters. The lowest BCUT2D eigenvalue weighted by molar-refractivity contribution is 0.122. The van der Waals surface area contributed by atoms with Crippen molar-refractivity contribution < 1.29 is 18.6 Å². The lowest BCUT2D eigenvalue weighted by Crippen LogP contribution is -2.36. The van der Waals surface area contributed by atoms with Gasteiger partial charge in [-0.25, -0.2) is 23.4 Å². The second-order valence-corrected chi connectivity index (χ2v) is 7.97. The third-order valence-corrected chi connectivity index (χ3v) is 5.91. The molecule has 1 aliphatic rings. The number of benzene rings is 2. The summed E-state index contributed by atoms with van der Waals surface area (Å²) in [6.45, 7) is 2.74. The molecule has 4 aromatic rings. The standard InChI is InChI=1S/C24H21F2N5O3/c1-30-20(32)7-6-18(29-30)24(33)16-4-5-17(25)21(22(16)26)23-15-3-2-14(12-19(15)27-13-28-23)31-8-10-34-11-9-31/h2-7,12-13,24,33H,8-11H2,1H3. The van der Waals surface area contributed by atoms with E-state index in [-0.39, 0.29) is 28.1 Å². The summed E-state index contributed by atoms with van der Waals surface area (Å²) in [6, 6.07) is 10.2. The molecule has 1 aliphatic heterocycles. The quantitative estimate of drug-likeness (QED) is 0.495. The van der Waals surface area contributed by atoms with E-state index in [4.69, 9.17) is 4.74 Å². The fraction of sp³-hybridized carbons (Fsp3) is 0.250. The largest absolute Gasteiger partial charge is 0.382 e. The lowest BCUT2D eigenvalue weighted by atomic mass is 9.98. The zero-order chi connectivity index (χ0) is 23.8. The van der Waals surface area contributed by atoms with Crippen molar-refractivity contribution in [1.82, 2.24) is 19.7 Å². The van der Waals surface area contributed by atoms with Gasteiger partial charge in [0, 0.05) is 42.8 Å². The summed E-state index contributed by atoms with van der Waals surface area (Å²) in [5.74, 6) is -1.78. The van der Waals surface area contributed by atoms with Crippen LogP contribution >= 0.6 is 0 Å². The number of nitrogens with zero attached hydrogens (tertiary/aromatic N) is 5. The van der Waals surface area contributed by atoms with Crippen molar-refractivity contribution >= 4 is 16.6 Å². The number of hydrogen-bond donors (Lipinski definition) is 1. The van der Waals surface area contributed by atoms with Crippen LogP contribution in [0.3, 0.4) is 0 Å². The van der Waals surface area contributed by atoms with E-state index >= 15 is 4.39 Å². The molecule has 0 amide bonds. The van der Waals surface area contributed by atoms with Gasteiger partial charge in [0.05, 0.1) is 35.7 Å². The molecule has 3 heterocycles. The third-order valence-electron chi connectivity index (χ3n) is 5.91. The average Bonchev–Trinajstić information content (AvgIpc) is 2.86. The summed E-state index contributed by atoms with van der Waals surface area (Å²) in [6.07, 6.45) is -0.246. The molecular weight excluding hydrogens is 444 g/mol. The predicted octanol–water partition coefficient (Wildman–Crippen LogP) is 2.59. The van der Waals surface area contributed by atoms with E-state index in [1.54, 1.807) is 6.07 Å². The first-order chi connectivity index (χ1) is 16.4. The second kappa shape index (κ2) is 8.88. The summed E-state index contributed by atoms with van der Waals surface area (Å²) >= 11 is 0. The van der Waals surface area contributed by atoms with Gasteiger partial charge in [0.2, 0.25) is 0 Å². The van der Waals surface area contributed by atoms with Gasteiger partial charge in [0.25, 0.3) is 5.56 Å². The van der Waals surface area contributed by atoms with Gasteiger partial charge >= 0.3 is 0 Å². The van der Waals surface area contributed by atoms with Crippen LogP contribution in [-0.2, 0) is 11.8 Å². The van der Waals surface area contributed by atoms with Crippen molar-refractivity contribution in [2.75, 3.05) is 31.2 Å². The predicted molar refractivity (Wildman–Crippen MR) is 121 cm³/mol. The first-order valence-corrected chi connectivity index (χ1v) is 10.7. The molecule has 1 N–H and O–H groups in total. The topological polar surface area (TPSA) is 93.4 Å². The molecule has 0 bridgehead atoms. The van der Waals surface area contributed by atoms with Crippen molar-refractivity contribution in [2.24, 2.45) is 7.05 Å². The maximum Gasteiger partial charge on any atom is 0.266 e. The number of aromatic nitrogens is 4. The molecule has 5 rings (SSSR count). The zero-order valence-electron chi connectivity index (χ0n) is 18.3. The van der Waals surface area contributed by atoms with Gasteiger partial charge in [-0.15, -0.1) is 0 Å². The van der Waals surface area contributed by atoms with Gasteiger partial charge < -0.3 is 14.7 Å². The summed E-state index contributed by atoms with van der Waals surface area (Å²) in [5, 5.41) is 15.2. The normalized spacial score (nSPS) is 15.0. The van der Waals surface area contributed by atoms with Crippen LogP contribution in [0.25, 0.3) is 22.2 Å². The Balaban J connectivity index is 1.60. The molecule has 174 valence electrons. The number of aryl methyl sites for hydroxylation is 1. The van der Waals surface area contributed by atoms with Gasteiger partial charge in [-0.1, -0.05) is 6.07 Å². The monoisotopic (exact) mass is 465 g/mol. The second-order valence-electron chi connectivity index (χ2n) is 7.97. The van der Waals surface area contributed by atoms with Crippen LogP contribution in [0.5, 0.6) is 0 Å². The molecule has 34 heavy (non-hydrogen) atoms. The Kier molecular flexibility index (Phi) is 5.76. The minimum atomic E-state index is -1.51. The highest BCUT2D eigenvalue weighted by molar-refractivity contribution is 5.94. The van der Waals surface area contributed by atoms with E-state index in [0.29, 0.717) is 24.1 Å². The van der Waals surface area contributed by atoms with Gasteiger partial charge in [0.1, 0.15) is 24.1 Å². The van der Waals surface area contributed by atoms with Gasteiger partial charge in [0.15, 0.2) is 0 Å². The van der Waals surface area contributed by atoms with Crippen molar-refractivity contribution in [3.63, 3.8) is 0 Å². The number of aliphatic hydroxyl groups is 1. The fourth-order valence-corrected chi connectivity index (χ4v) is 4.09. The van der Waals surface area contributed by atoms with Gasteiger partial charge in [-0.2, -0.15) is 5.10 Å². The molecule has 8 nitrogen and oxygen atoms in total. The molecule has 1 saturated heterocycles. The van der Waals surface area contributed by atoms with Crippen LogP contribution in [0.1, 0.15) is 17.4 Å². The Morgan fingerprint density at radius 1 is 1.06 bits per heavy atom. The molecule has 2 aromatic heterocycles. The Labute approximate surface area is 193 Å². The molecule has 0 aliphatic carbocycles. The first kappa shape index (κ1) is 22.1. The number of aliphatic hydroxyl groups excluding tert-OH is 1. The van der Waals surface area contributed by atoms with Crippen LogP contribution in [0.4, 0.5) is 14.5 Å². The number of anilines is 1. The summed E-state index contributed by atoms with van der Waals surface area (Å²) < 4.78 is 37.0. The fourth-order valence-electron chi connectivity index (χ4n) is 4.09.